The molecule has 12 aromatic rings. The molecule has 378 valence electrons. The summed E-state index contributed by atoms with van der Waals surface area (Å²) < 4.78 is 14.3. The summed E-state index contributed by atoms with van der Waals surface area (Å²) in [5.74, 6) is 1.24. The maximum Gasteiger partial charge on any atom is 0.159 e. The van der Waals surface area contributed by atoms with Crippen LogP contribution in [-0.4, -0.2) is 0 Å². The smallest absolute Gasteiger partial charge is 0.159 e. The number of furan rings is 2. The summed E-state index contributed by atoms with van der Waals surface area (Å²) in [5.41, 5.74) is 16.0. The van der Waals surface area contributed by atoms with Gasteiger partial charge in [0.1, 0.15) is 11.2 Å². The van der Waals surface area contributed by atoms with E-state index >= 15 is 0 Å². The van der Waals surface area contributed by atoms with Crippen LogP contribution in [0.25, 0.3) is 76.2 Å². The molecule has 2 aliphatic carbocycles. The molecule has 4 heteroatoms. The SMILES string of the molecule is CCCCc1cccc2c1oc1c(N(c3ccc(C4CCCCC4)cc3)c3ccc4ccc5c(N(c6ccc(C7CCCCC7)cc6)c6cccc7c6oc6c(CCCC)cccc67)ccc6ccc3c4c65)cccc12. The van der Waals surface area contributed by atoms with E-state index in [4.69, 9.17) is 8.83 Å². The Hall–Kier alpha value is -7.56. The van der Waals surface area contributed by atoms with Gasteiger partial charge < -0.3 is 18.6 Å². The van der Waals surface area contributed by atoms with Crippen LogP contribution in [0.4, 0.5) is 34.1 Å². The summed E-state index contributed by atoms with van der Waals surface area (Å²) in [5, 5.41) is 12.1. The van der Waals surface area contributed by atoms with Crippen molar-refractivity contribution >= 4 is 110 Å². The van der Waals surface area contributed by atoms with Gasteiger partial charge in [-0.05, 0) is 156 Å². The molecule has 0 spiro atoms. The van der Waals surface area contributed by atoms with Gasteiger partial charge in [-0.3, -0.25) is 0 Å². The van der Waals surface area contributed by atoms with Crippen molar-refractivity contribution in [3.63, 3.8) is 0 Å². The summed E-state index contributed by atoms with van der Waals surface area (Å²) >= 11 is 0. The minimum Gasteiger partial charge on any atom is -0.454 e. The van der Waals surface area contributed by atoms with Crippen LogP contribution in [0, 0.1) is 0 Å². The first-order valence-corrected chi connectivity index (χ1v) is 29.0. The molecule has 76 heavy (non-hydrogen) atoms. The number of unbranched alkanes of at least 4 members (excludes halogenated alkanes) is 2. The fraction of sp³-hybridized carbons (Fsp3) is 0.278. The van der Waals surface area contributed by atoms with Gasteiger partial charge in [0, 0.05) is 43.7 Å². The van der Waals surface area contributed by atoms with Crippen molar-refractivity contribution in [3.8, 4) is 0 Å². The summed E-state index contributed by atoms with van der Waals surface area (Å²) in [6.07, 6.45) is 19.6. The number of fused-ring (bicyclic) bond motifs is 6. The van der Waals surface area contributed by atoms with Crippen molar-refractivity contribution < 1.29 is 8.83 Å². The number of para-hydroxylation sites is 4. The van der Waals surface area contributed by atoms with Crippen LogP contribution in [0.5, 0.6) is 0 Å². The van der Waals surface area contributed by atoms with E-state index in [9.17, 15) is 0 Å². The molecule has 0 unspecified atom stereocenters. The molecule has 2 aliphatic rings. The van der Waals surface area contributed by atoms with Crippen LogP contribution < -0.4 is 9.80 Å². The Balaban J connectivity index is 0.980. The van der Waals surface area contributed by atoms with Crippen molar-refractivity contribution in [2.24, 2.45) is 0 Å². The fourth-order valence-corrected chi connectivity index (χ4v) is 13.8. The van der Waals surface area contributed by atoms with Gasteiger partial charge in [0.2, 0.25) is 0 Å². The summed E-state index contributed by atoms with van der Waals surface area (Å²) in [6, 6.07) is 64.9. The van der Waals surface area contributed by atoms with E-state index in [-0.39, 0.29) is 0 Å². The first-order valence-electron chi connectivity index (χ1n) is 29.0. The van der Waals surface area contributed by atoms with Gasteiger partial charge in [0.15, 0.2) is 11.2 Å². The van der Waals surface area contributed by atoms with Crippen molar-refractivity contribution in [2.75, 3.05) is 9.80 Å². The molecule has 2 heterocycles. The van der Waals surface area contributed by atoms with Crippen LogP contribution in [0.3, 0.4) is 0 Å². The minimum atomic E-state index is 0.622. The summed E-state index contributed by atoms with van der Waals surface area (Å²) in [4.78, 5) is 4.98. The van der Waals surface area contributed by atoms with E-state index in [1.165, 1.54) is 130 Å². The highest BCUT2D eigenvalue weighted by Crippen LogP contribution is 2.51. The van der Waals surface area contributed by atoms with Crippen molar-refractivity contribution in [2.45, 2.75) is 128 Å². The third kappa shape index (κ3) is 8.01. The molecule has 4 nitrogen and oxygen atoms in total. The van der Waals surface area contributed by atoms with Gasteiger partial charge in [-0.1, -0.05) is 187 Å². The Morgan fingerprint density at radius 3 is 1.14 bits per heavy atom. The number of aryl methyl sites for hydroxylation is 2. The van der Waals surface area contributed by atoms with Gasteiger partial charge in [0.25, 0.3) is 0 Å². The molecule has 0 radical (unpaired) electrons. The standard InChI is InChI=1S/C72H68N2O2/c1-3-5-17-53-23-13-25-57-59-27-15-29-65(71(59)75-69(53)57)73(55-39-31-49(32-40-55)47-19-9-7-10-20-47)63-45-37-51-36-44-62-64(46-38-52-35-43-61(63)67(51)68(52)62)74(56-41-33-50(34-42-56)48-21-11-8-12-22-48)66-30-16-28-60-58-26-14-24-54(18-6-4-2)70(58)76-72(60)66/h13-16,23-48H,3-12,17-22H2,1-2H3. The number of rotatable bonds is 14. The third-order valence-corrected chi connectivity index (χ3v) is 17.8. The lowest BCUT2D eigenvalue weighted by Gasteiger charge is -2.30. The summed E-state index contributed by atoms with van der Waals surface area (Å²) in [7, 11) is 0. The predicted molar refractivity (Wildman–Crippen MR) is 323 cm³/mol. The van der Waals surface area contributed by atoms with E-state index in [1.807, 2.05) is 0 Å². The van der Waals surface area contributed by atoms with E-state index in [0.717, 1.165) is 106 Å². The van der Waals surface area contributed by atoms with Crippen LogP contribution in [0.2, 0.25) is 0 Å². The third-order valence-electron chi connectivity index (χ3n) is 17.8. The zero-order valence-electron chi connectivity index (χ0n) is 44.3. The maximum absolute atomic E-state index is 7.17. The van der Waals surface area contributed by atoms with Crippen LogP contribution >= 0.6 is 0 Å². The number of hydrogen-bond donors (Lipinski definition) is 0. The molecule has 0 aliphatic heterocycles. The molecular formula is C72H68N2O2. The second kappa shape index (κ2) is 19.9. The number of benzene rings is 10. The number of hydrogen-bond acceptors (Lipinski definition) is 4. The van der Waals surface area contributed by atoms with Crippen LogP contribution in [0.15, 0.2) is 179 Å². The Kier molecular flexibility index (Phi) is 12.3. The highest BCUT2D eigenvalue weighted by molar-refractivity contribution is 6.29. The average molecular weight is 993 g/mol. The van der Waals surface area contributed by atoms with Crippen molar-refractivity contribution in [1.29, 1.82) is 0 Å². The molecular weight excluding hydrogens is 925 g/mol. The predicted octanol–water partition coefficient (Wildman–Crippen LogP) is 22.1. The zero-order valence-corrected chi connectivity index (χ0v) is 44.3. The molecule has 2 aromatic heterocycles. The monoisotopic (exact) mass is 993 g/mol. The number of anilines is 6. The average Bonchev–Trinajstić information content (AvgIpc) is 4.10. The van der Waals surface area contributed by atoms with Gasteiger partial charge in [-0.2, -0.15) is 0 Å². The lowest BCUT2D eigenvalue weighted by atomic mass is 9.84. The van der Waals surface area contributed by atoms with E-state index in [1.54, 1.807) is 0 Å². The van der Waals surface area contributed by atoms with Crippen molar-refractivity contribution in [1.82, 2.24) is 0 Å². The van der Waals surface area contributed by atoms with Gasteiger partial charge in [-0.25, -0.2) is 0 Å². The minimum absolute atomic E-state index is 0.622. The maximum atomic E-state index is 7.17. The van der Waals surface area contributed by atoms with Gasteiger partial charge >= 0.3 is 0 Å². The second-order valence-corrected chi connectivity index (χ2v) is 22.4. The molecule has 0 amide bonds. The molecule has 0 saturated heterocycles. The highest BCUT2D eigenvalue weighted by atomic mass is 16.3. The Labute approximate surface area is 447 Å². The molecule has 0 bridgehead atoms. The van der Waals surface area contributed by atoms with E-state index in [0.29, 0.717) is 11.8 Å². The van der Waals surface area contributed by atoms with Gasteiger partial charge in [0.05, 0.1) is 22.7 Å². The fourth-order valence-electron chi connectivity index (χ4n) is 13.8. The molecule has 0 atom stereocenters. The Morgan fingerprint density at radius 1 is 0.355 bits per heavy atom. The lowest BCUT2D eigenvalue weighted by Crippen LogP contribution is -2.12. The largest absolute Gasteiger partial charge is 0.454 e. The Bertz CT molecular complexity index is 3790. The molecule has 14 rings (SSSR count). The Morgan fingerprint density at radius 2 is 0.737 bits per heavy atom. The highest BCUT2D eigenvalue weighted by Gasteiger charge is 2.27. The summed E-state index contributed by atoms with van der Waals surface area (Å²) in [6.45, 7) is 4.54. The second-order valence-electron chi connectivity index (χ2n) is 22.4. The van der Waals surface area contributed by atoms with Crippen LogP contribution in [-0.2, 0) is 12.8 Å². The van der Waals surface area contributed by atoms with Crippen LogP contribution in [0.1, 0.15) is 138 Å². The topological polar surface area (TPSA) is 32.8 Å². The van der Waals surface area contributed by atoms with E-state index < -0.39 is 0 Å². The molecule has 10 aromatic carbocycles. The molecule has 2 fully saturated rings. The molecule has 0 N–H and O–H groups in total. The zero-order chi connectivity index (χ0) is 50.7. The number of nitrogens with zero attached hydrogens (tertiary/aromatic N) is 2. The molecule has 2 saturated carbocycles. The van der Waals surface area contributed by atoms with E-state index in [2.05, 4.69) is 194 Å². The first kappa shape index (κ1) is 46.9. The quantitative estimate of drug-likeness (QED) is 0.102. The normalized spacial score (nSPS) is 14.9. The van der Waals surface area contributed by atoms with Gasteiger partial charge in [-0.15, -0.1) is 0 Å². The first-order chi connectivity index (χ1) is 37.6. The van der Waals surface area contributed by atoms with Crippen molar-refractivity contribution in [3.05, 3.63) is 192 Å². The lowest BCUT2D eigenvalue weighted by molar-refractivity contribution is 0.443.